The van der Waals surface area contributed by atoms with E-state index in [0.717, 1.165) is 24.8 Å². The van der Waals surface area contributed by atoms with Crippen LogP contribution >= 0.6 is 11.6 Å². The molecular formula is C31H40ClNO6. The van der Waals surface area contributed by atoms with Crippen LogP contribution in [0.25, 0.3) is 6.08 Å². The van der Waals surface area contributed by atoms with Gasteiger partial charge in [0, 0.05) is 18.9 Å². The number of benzene rings is 1. The second kappa shape index (κ2) is 12.7. The number of allylic oxidation sites excluding steroid dienone is 2. The number of rotatable bonds is 12. The fourth-order valence-corrected chi connectivity index (χ4v) is 6.72. The molecule has 0 bridgehead atoms. The molecule has 1 aliphatic carbocycles. The molecule has 2 fully saturated rings. The first kappa shape index (κ1) is 29.3. The average molecular weight is 558 g/mol. The Morgan fingerprint density at radius 2 is 1.92 bits per heavy atom. The Labute approximate surface area is 235 Å². The molecule has 4 atom stereocenters. The number of phenolic OH excluding ortho intramolecular Hbond substituents is 1. The van der Waals surface area contributed by atoms with Crippen LogP contribution < -0.4 is 0 Å². The SMILES string of the molecule is CC/C(=C\c1ccc(O)cc1Cl)CC[C@H]1OC[C@H]2C1=C(C(C)C)C[C@H]1C(=O)N(CCCCCC(=O)O)C(=O)[C@H]12. The number of aromatic hydroxyl groups is 1. The van der Waals surface area contributed by atoms with Crippen LogP contribution in [0, 0.1) is 23.7 Å². The van der Waals surface area contributed by atoms with Crippen molar-refractivity contribution in [1.29, 1.82) is 0 Å². The molecule has 4 rings (SSSR count). The summed E-state index contributed by atoms with van der Waals surface area (Å²) >= 11 is 6.33. The highest BCUT2D eigenvalue weighted by Gasteiger charge is 2.56. The average Bonchev–Trinajstić information content (AvgIpc) is 3.41. The predicted octanol–water partition coefficient (Wildman–Crippen LogP) is 6.24. The molecular weight excluding hydrogens is 518 g/mol. The molecule has 0 spiro atoms. The second-order valence-corrected chi connectivity index (χ2v) is 11.7. The summed E-state index contributed by atoms with van der Waals surface area (Å²) in [5.74, 6) is -1.35. The lowest BCUT2D eigenvalue weighted by Gasteiger charge is -2.33. The molecule has 2 amide bonds. The molecule has 0 unspecified atom stereocenters. The third-order valence-corrected chi connectivity index (χ3v) is 8.86. The number of amides is 2. The van der Waals surface area contributed by atoms with Crippen molar-refractivity contribution in [1.82, 2.24) is 4.90 Å². The Morgan fingerprint density at radius 1 is 1.15 bits per heavy atom. The van der Waals surface area contributed by atoms with Gasteiger partial charge < -0.3 is 14.9 Å². The maximum Gasteiger partial charge on any atom is 0.303 e. The van der Waals surface area contributed by atoms with Gasteiger partial charge in [0.1, 0.15) is 5.75 Å². The number of hydrogen-bond donors (Lipinski definition) is 2. The van der Waals surface area contributed by atoms with Crippen molar-refractivity contribution in [2.75, 3.05) is 13.2 Å². The molecule has 2 saturated heterocycles. The number of likely N-dealkylation sites (tertiary alicyclic amines) is 1. The van der Waals surface area contributed by atoms with E-state index in [9.17, 15) is 19.5 Å². The Hall–Kier alpha value is -2.64. The van der Waals surface area contributed by atoms with Crippen LogP contribution in [0.5, 0.6) is 5.75 Å². The number of halogens is 1. The number of nitrogens with zero attached hydrogens (tertiary/aromatic N) is 1. The van der Waals surface area contributed by atoms with E-state index < -0.39 is 5.97 Å². The predicted molar refractivity (Wildman–Crippen MR) is 150 cm³/mol. The Morgan fingerprint density at radius 3 is 2.59 bits per heavy atom. The maximum absolute atomic E-state index is 13.5. The molecule has 212 valence electrons. The van der Waals surface area contributed by atoms with Crippen LogP contribution in [0.15, 0.2) is 34.9 Å². The summed E-state index contributed by atoms with van der Waals surface area (Å²) in [5.41, 5.74) is 4.60. The summed E-state index contributed by atoms with van der Waals surface area (Å²) < 4.78 is 6.35. The van der Waals surface area contributed by atoms with E-state index in [1.165, 1.54) is 21.6 Å². The number of fused-ring (bicyclic) bond motifs is 3. The molecule has 0 saturated carbocycles. The minimum absolute atomic E-state index is 0.0693. The van der Waals surface area contributed by atoms with Gasteiger partial charge in [-0.05, 0) is 73.8 Å². The first-order valence-electron chi connectivity index (χ1n) is 14.2. The lowest BCUT2D eigenvalue weighted by molar-refractivity contribution is -0.141. The normalized spacial score (nSPS) is 25.1. The van der Waals surface area contributed by atoms with Gasteiger partial charge >= 0.3 is 5.97 Å². The van der Waals surface area contributed by atoms with E-state index in [1.54, 1.807) is 12.1 Å². The number of unbranched alkanes of at least 4 members (excludes halogenated alkanes) is 2. The van der Waals surface area contributed by atoms with Gasteiger partial charge in [-0.3, -0.25) is 19.3 Å². The smallest absolute Gasteiger partial charge is 0.303 e. The number of hydrogen-bond acceptors (Lipinski definition) is 5. The summed E-state index contributed by atoms with van der Waals surface area (Å²) in [6, 6.07) is 4.99. The molecule has 0 radical (unpaired) electrons. The second-order valence-electron chi connectivity index (χ2n) is 11.3. The van der Waals surface area contributed by atoms with Crippen molar-refractivity contribution in [3.8, 4) is 5.75 Å². The molecule has 0 aromatic heterocycles. The lowest BCUT2D eigenvalue weighted by atomic mass is 9.67. The van der Waals surface area contributed by atoms with Crippen molar-refractivity contribution in [2.24, 2.45) is 23.7 Å². The van der Waals surface area contributed by atoms with Crippen LogP contribution in [-0.2, 0) is 19.1 Å². The minimum atomic E-state index is -0.823. The molecule has 1 aromatic rings. The van der Waals surface area contributed by atoms with E-state index in [2.05, 4.69) is 26.8 Å². The quantitative estimate of drug-likeness (QED) is 0.179. The third-order valence-electron chi connectivity index (χ3n) is 8.53. The van der Waals surface area contributed by atoms with E-state index in [0.29, 0.717) is 43.9 Å². The maximum atomic E-state index is 13.5. The Balaban J connectivity index is 1.47. The molecule has 2 aliphatic heterocycles. The standard InChI is InChI=1S/C31H40ClNO6/c1-4-19(14-20-10-11-21(34)15-25(20)32)9-12-26-28-22(18(2)3)16-23-29(24(28)17-39-26)31(38)33(30(23)37)13-7-5-6-8-27(35)36/h10-11,14-15,18,23-24,26,29,34H,4-9,12-13,16-17H2,1-3H3,(H,35,36)/b19-14+/t23-,24+,26-,29-/m1/s1. The van der Waals surface area contributed by atoms with Gasteiger partial charge in [0.15, 0.2) is 0 Å². The first-order valence-corrected chi connectivity index (χ1v) is 14.6. The lowest BCUT2D eigenvalue weighted by Crippen LogP contribution is -2.35. The zero-order valence-corrected chi connectivity index (χ0v) is 23.9. The van der Waals surface area contributed by atoms with Gasteiger partial charge in [0.2, 0.25) is 11.8 Å². The summed E-state index contributed by atoms with van der Waals surface area (Å²) in [6.07, 6.45) is 7.05. The van der Waals surface area contributed by atoms with E-state index in [4.69, 9.17) is 21.4 Å². The monoisotopic (exact) mass is 557 g/mol. The van der Waals surface area contributed by atoms with Gasteiger partial charge in [-0.1, -0.05) is 56.0 Å². The molecule has 2 heterocycles. The van der Waals surface area contributed by atoms with Crippen LogP contribution in [0.4, 0.5) is 0 Å². The van der Waals surface area contributed by atoms with Gasteiger partial charge in [-0.25, -0.2) is 0 Å². The highest BCUT2D eigenvalue weighted by molar-refractivity contribution is 6.32. The number of carbonyl (C=O) groups is 3. The first-order chi connectivity index (χ1) is 18.6. The number of carbonyl (C=O) groups excluding carboxylic acids is 2. The van der Waals surface area contributed by atoms with E-state index >= 15 is 0 Å². The van der Waals surface area contributed by atoms with Crippen LogP contribution in [0.2, 0.25) is 5.02 Å². The zero-order chi connectivity index (χ0) is 28.3. The van der Waals surface area contributed by atoms with Crippen molar-refractivity contribution >= 4 is 35.5 Å². The molecule has 1 aromatic carbocycles. The van der Waals surface area contributed by atoms with Gasteiger partial charge in [-0.15, -0.1) is 0 Å². The summed E-state index contributed by atoms with van der Waals surface area (Å²) in [6.45, 7) is 7.24. The summed E-state index contributed by atoms with van der Waals surface area (Å²) in [7, 11) is 0. The number of carboxylic acids is 1. The largest absolute Gasteiger partial charge is 0.508 e. The summed E-state index contributed by atoms with van der Waals surface area (Å²) in [4.78, 5) is 39.1. The van der Waals surface area contributed by atoms with Crippen molar-refractivity contribution in [3.05, 3.63) is 45.5 Å². The van der Waals surface area contributed by atoms with Crippen LogP contribution in [0.3, 0.4) is 0 Å². The molecule has 8 heteroatoms. The van der Waals surface area contributed by atoms with Gasteiger partial charge in [-0.2, -0.15) is 0 Å². The topological polar surface area (TPSA) is 104 Å². The summed E-state index contributed by atoms with van der Waals surface area (Å²) in [5, 5.41) is 19.0. The van der Waals surface area contributed by atoms with Gasteiger partial charge in [0.25, 0.3) is 0 Å². The Kier molecular flexibility index (Phi) is 9.55. The fraction of sp³-hybridized carbons (Fsp3) is 0.581. The van der Waals surface area contributed by atoms with Crippen LogP contribution in [-0.4, -0.2) is 52.2 Å². The molecule has 7 nitrogen and oxygen atoms in total. The number of aliphatic carboxylic acids is 1. The molecule has 2 N–H and O–H groups in total. The number of phenols is 1. The number of ether oxygens (including phenoxy) is 1. The van der Waals surface area contributed by atoms with E-state index in [-0.39, 0.29) is 53.8 Å². The van der Waals surface area contributed by atoms with Crippen molar-refractivity contribution in [3.63, 3.8) is 0 Å². The van der Waals surface area contributed by atoms with Crippen molar-refractivity contribution in [2.45, 2.75) is 78.2 Å². The number of imide groups is 1. The fourth-order valence-electron chi connectivity index (χ4n) is 6.49. The molecule has 3 aliphatic rings. The highest BCUT2D eigenvalue weighted by Crippen LogP contribution is 2.51. The minimum Gasteiger partial charge on any atom is -0.508 e. The Bertz CT molecular complexity index is 1170. The van der Waals surface area contributed by atoms with E-state index in [1.807, 2.05) is 6.07 Å². The number of carboxylic acid groups (broad SMARTS) is 1. The van der Waals surface area contributed by atoms with Crippen LogP contribution in [0.1, 0.15) is 77.7 Å². The molecule has 39 heavy (non-hydrogen) atoms. The highest BCUT2D eigenvalue weighted by atomic mass is 35.5. The van der Waals surface area contributed by atoms with Crippen molar-refractivity contribution < 1.29 is 29.3 Å². The third kappa shape index (κ3) is 6.41. The zero-order valence-electron chi connectivity index (χ0n) is 23.1. The van der Waals surface area contributed by atoms with Gasteiger partial charge in [0.05, 0.1) is 29.6 Å².